The lowest BCUT2D eigenvalue weighted by Gasteiger charge is -2.34. The minimum atomic E-state index is -0.0385. The second-order valence-corrected chi connectivity index (χ2v) is 7.59. The van der Waals surface area contributed by atoms with Crippen LogP contribution in [0.1, 0.15) is 23.0 Å². The second kappa shape index (κ2) is 9.57. The van der Waals surface area contributed by atoms with Crippen LogP contribution in [0.3, 0.4) is 0 Å². The van der Waals surface area contributed by atoms with Gasteiger partial charge in [0.1, 0.15) is 0 Å². The molecular formula is C24H27N5O2. The van der Waals surface area contributed by atoms with Crippen molar-refractivity contribution in [3.63, 3.8) is 0 Å². The van der Waals surface area contributed by atoms with Crippen LogP contribution in [0, 0.1) is 0 Å². The summed E-state index contributed by atoms with van der Waals surface area (Å²) >= 11 is 0. The second-order valence-electron chi connectivity index (χ2n) is 7.59. The number of carbonyl (C=O) groups is 2. The SMILES string of the molecule is CCc1c(C(=O)N2CCN(CC(=O)Nc3ccccc3)CC2)cnn1-c1ccccc1. The van der Waals surface area contributed by atoms with Crippen molar-refractivity contribution in [1.29, 1.82) is 0 Å². The zero-order chi connectivity index (χ0) is 21.6. The normalized spacial score (nSPS) is 14.4. The molecule has 0 bridgehead atoms. The van der Waals surface area contributed by atoms with Crippen LogP contribution in [-0.2, 0) is 11.2 Å². The fourth-order valence-electron chi connectivity index (χ4n) is 3.89. The molecule has 1 aliphatic heterocycles. The standard InChI is InChI=1S/C24H27N5O2/c1-2-22-21(17-25-29(22)20-11-7-4-8-12-20)24(31)28-15-13-27(14-16-28)18-23(30)26-19-9-5-3-6-10-19/h3-12,17H,2,13-16,18H2,1H3,(H,26,30). The molecule has 0 radical (unpaired) electrons. The predicted molar refractivity (Wildman–Crippen MR) is 120 cm³/mol. The molecule has 31 heavy (non-hydrogen) atoms. The van der Waals surface area contributed by atoms with Crippen molar-refractivity contribution in [1.82, 2.24) is 19.6 Å². The number of hydrogen-bond acceptors (Lipinski definition) is 4. The quantitative estimate of drug-likeness (QED) is 0.670. The lowest BCUT2D eigenvalue weighted by molar-refractivity contribution is -0.117. The molecule has 160 valence electrons. The van der Waals surface area contributed by atoms with Crippen molar-refractivity contribution in [2.75, 3.05) is 38.0 Å². The molecule has 2 amide bonds. The molecule has 2 aromatic carbocycles. The first-order valence-electron chi connectivity index (χ1n) is 10.6. The number of nitrogens with zero attached hydrogens (tertiary/aromatic N) is 4. The lowest BCUT2D eigenvalue weighted by Crippen LogP contribution is -2.50. The van der Waals surface area contributed by atoms with Crippen molar-refractivity contribution in [3.05, 3.63) is 78.1 Å². The first kappa shape index (κ1) is 20.8. The molecule has 1 saturated heterocycles. The first-order chi connectivity index (χ1) is 15.2. The highest BCUT2D eigenvalue weighted by Gasteiger charge is 2.26. The van der Waals surface area contributed by atoms with E-state index in [1.54, 1.807) is 6.20 Å². The van der Waals surface area contributed by atoms with E-state index >= 15 is 0 Å². The van der Waals surface area contributed by atoms with Gasteiger partial charge in [0.25, 0.3) is 5.91 Å². The van der Waals surface area contributed by atoms with Gasteiger partial charge in [0.15, 0.2) is 0 Å². The number of amides is 2. The maximum absolute atomic E-state index is 13.2. The van der Waals surface area contributed by atoms with Gasteiger partial charge in [0.05, 0.1) is 29.7 Å². The molecule has 7 heteroatoms. The number of para-hydroxylation sites is 2. The molecule has 1 aliphatic rings. The summed E-state index contributed by atoms with van der Waals surface area (Å²) in [6.07, 6.45) is 2.39. The lowest BCUT2D eigenvalue weighted by atomic mass is 10.1. The molecule has 0 aliphatic carbocycles. The molecule has 1 aromatic heterocycles. The summed E-state index contributed by atoms with van der Waals surface area (Å²) in [4.78, 5) is 29.4. The number of benzene rings is 2. The summed E-state index contributed by atoms with van der Waals surface area (Å²) in [5.74, 6) is -0.0317. The predicted octanol–water partition coefficient (Wildman–Crippen LogP) is 2.83. The third-order valence-corrected chi connectivity index (χ3v) is 5.52. The summed E-state index contributed by atoms with van der Waals surface area (Å²) in [7, 11) is 0. The van der Waals surface area contributed by atoms with E-state index in [2.05, 4.69) is 15.3 Å². The fraction of sp³-hybridized carbons (Fsp3) is 0.292. The van der Waals surface area contributed by atoms with Gasteiger partial charge in [-0.05, 0) is 30.7 Å². The number of rotatable bonds is 6. The molecule has 4 rings (SSSR count). The van der Waals surface area contributed by atoms with Gasteiger partial charge >= 0.3 is 0 Å². The van der Waals surface area contributed by atoms with Crippen molar-refractivity contribution in [3.8, 4) is 5.69 Å². The van der Waals surface area contributed by atoms with E-state index in [1.807, 2.05) is 77.2 Å². The molecule has 1 N–H and O–H groups in total. The Morgan fingerprint density at radius 3 is 2.23 bits per heavy atom. The Morgan fingerprint density at radius 2 is 1.58 bits per heavy atom. The highest BCUT2D eigenvalue weighted by molar-refractivity contribution is 5.95. The Kier molecular flexibility index (Phi) is 6.43. The van der Waals surface area contributed by atoms with E-state index in [0.29, 0.717) is 38.3 Å². The largest absolute Gasteiger partial charge is 0.336 e. The van der Waals surface area contributed by atoms with Crippen molar-refractivity contribution >= 4 is 17.5 Å². The number of piperazine rings is 1. The molecule has 7 nitrogen and oxygen atoms in total. The molecule has 0 spiro atoms. The van der Waals surface area contributed by atoms with Crippen LogP contribution in [0.15, 0.2) is 66.9 Å². The average Bonchev–Trinajstić information content (AvgIpc) is 3.24. The first-order valence-corrected chi connectivity index (χ1v) is 10.6. The van der Waals surface area contributed by atoms with Gasteiger partial charge in [-0.25, -0.2) is 4.68 Å². The van der Waals surface area contributed by atoms with Crippen LogP contribution < -0.4 is 5.32 Å². The molecule has 0 saturated carbocycles. The Labute approximate surface area is 182 Å². The third-order valence-electron chi connectivity index (χ3n) is 5.52. The molecule has 0 unspecified atom stereocenters. The van der Waals surface area contributed by atoms with Gasteiger partial charge in [-0.1, -0.05) is 43.3 Å². The maximum atomic E-state index is 13.2. The van der Waals surface area contributed by atoms with E-state index < -0.39 is 0 Å². The summed E-state index contributed by atoms with van der Waals surface area (Å²) in [6.45, 7) is 4.89. The number of carbonyl (C=O) groups excluding carboxylic acids is 2. The van der Waals surface area contributed by atoms with Gasteiger partial charge in [-0.3, -0.25) is 14.5 Å². The smallest absolute Gasteiger partial charge is 0.257 e. The summed E-state index contributed by atoms with van der Waals surface area (Å²) in [5, 5.41) is 7.38. The zero-order valence-electron chi connectivity index (χ0n) is 17.7. The summed E-state index contributed by atoms with van der Waals surface area (Å²) in [5.41, 5.74) is 3.32. The topological polar surface area (TPSA) is 70.5 Å². The van der Waals surface area contributed by atoms with Crippen molar-refractivity contribution in [2.24, 2.45) is 0 Å². The third kappa shape index (κ3) is 4.83. The molecule has 3 aromatic rings. The summed E-state index contributed by atoms with van der Waals surface area (Å²) < 4.78 is 1.84. The van der Waals surface area contributed by atoms with Gasteiger partial charge in [-0.15, -0.1) is 0 Å². The number of nitrogens with one attached hydrogen (secondary N) is 1. The Bertz CT molecular complexity index is 1020. The fourth-order valence-corrected chi connectivity index (χ4v) is 3.89. The van der Waals surface area contributed by atoms with Gasteiger partial charge < -0.3 is 10.2 Å². The Balaban J connectivity index is 1.35. The van der Waals surface area contributed by atoms with E-state index in [4.69, 9.17) is 0 Å². The highest BCUT2D eigenvalue weighted by atomic mass is 16.2. The van der Waals surface area contributed by atoms with Crippen LogP contribution in [0.4, 0.5) is 5.69 Å². The minimum Gasteiger partial charge on any atom is -0.336 e. The van der Waals surface area contributed by atoms with Crippen LogP contribution in [-0.4, -0.2) is 64.1 Å². The van der Waals surface area contributed by atoms with E-state index in [1.165, 1.54) is 0 Å². The summed E-state index contributed by atoms with van der Waals surface area (Å²) in [6, 6.07) is 19.3. The molecule has 1 fully saturated rings. The van der Waals surface area contributed by atoms with Crippen LogP contribution >= 0.6 is 0 Å². The van der Waals surface area contributed by atoms with Crippen LogP contribution in [0.2, 0.25) is 0 Å². The maximum Gasteiger partial charge on any atom is 0.257 e. The van der Waals surface area contributed by atoms with E-state index in [0.717, 1.165) is 23.5 Å². The van der Waals surface area contributed by atoms with Crippen molar-refractivity contribution in [2.45, 2.75) is 13.3 Å². The van der Waals surface area contributed by atoms with Gasteiger partial charge in [0, 0.05) is 31.9 Å². The number of hydrogen-bond donors (Lipinski definition) is 1. The Hall–Kier alpha value is -3.45. The molecule has 0 atom stereocenters. The van der Waals surface area contributed by atoms with E-state index in [-0.39, 0.29) is 11.8 Å². The van der Waals surface area contributed by atoms with Crippen molar-refractivity contribution < 1.29 is 9.59 Å². The number of anilines is 1. The zero-order valence-corrected chi connectivity index (χ0v) is 17.7. The van der Waals surface area contributed by atoms with E-state index in [9.17, 15) is 9.59 Å². The molecule has 2 heterocycles. The monoisotopic (exact) mass is 417 g/mol. The highest BCUT2D eigenvalue weighted by Crippen LogP contribution is 2.18. The van der Waals surface area contributed by atoms with Gasteiger partial charge in [0.2, 0.25) is 5.91 Å². The number of aromatic nitrogens is 2. The van der Waals surface area contributed by atoms with Gasteiger partial charge in [-0.2, -0.15) is 5.10 Å². The van der Waals surface area contributed by atoms with Crippen LogP contribution in [0.5, 0.6) is 0 Å². The van der Waals surface area contributed by atoms with Crippen LogP contribution in [0.25, 0.3) is 5.69 Å². The minimum absolute atomic E-state index is 0.00687. The Morgan fingerprint density at radius 1 is 0.935 bits per heavy atom. The molecular weight excluding hydrogens is 390 g/mol. The average molecular weight is 418 g/mol.